The molecule has 1 fully saturated rings. The molecule has 2 bridgehead atoms. The Labute approximate surface area is 124 Å². The summed E-state index contributed by atoms with van der Waals surface area (Å²) >= 11 is 0. The molecule has 2 N–H and O–H groups in total. The highest BCUT2D eigenvalue weighted by molar-refractivity contribution is 5.99. The second-order valence-corrected chi connectivity index (χ2v) is 6.97. The van der Waals surface area contributed by atoms with Crippen LogP contribution in [-0.4, -0.2) is 5.91 Å². The predicted molar refractivity (Wildman–Crippen MR) is 81.7 cm³/mol. The van der Waals surface area contributed by atoms with Gasteiger partial charge in [0.1, 0.15) is 0 Å². The maximum Gasteiger partial charge on any atom is 0.248 e. The molecule has 106 valence electrons. The first-order chi connectivity index (χ1) is 10.3. The normalized spacial score (nSPS) is 35.3. The lowest BCUT2D eigenvalue weighted by Gasteiger charge is -2.48. The molecule has 6 rings (SSSR count). The number of carbonyl (C=O) groups is 1. The molecule has 0 heterocycles. The van der Waals surface area contributed by atoms with E-state index in [4.69, 9.17) is 5.73 Å². The molecule has 21 heavy (non-hydrogen) atoms. The van der Waals surface area contributed by atoms with Crippen LogP contribution in [0.5, 0.6) is 0 Å². The van der Waals surface area contributed by atoms with Gasteiger partial charge in [0.05, 0.1) is 0 Å². The van der Waals surface area contributed by atoms with Crippen LogP contribution in [0.2, 0.25) is 0 Å². The number of nitrogens with two attached hydrogens (primary N) is 1. The Kier molecular flexibility index (Phi) is 2.18. The van der Waals surface area contributed by atoms with Crippen molar-refractivity contribution < 1.29 is 4.79 Å². The van der Waals surface area contributed by atoms with E-state index >= 15 is 0 Å². The van der Waals surface area contributed by atoms with Gasteiger partial charge in [-0.1, -0.05) is 42.3 Å². The molecule has 5 aliphatic rings. The Morgan fingerprint density at radius 2 is 1.71 bits per heavy atom. The molecule has 4 unspecified atom stereocenters. The number of rotatable bonds is 1. The average molecular weight is 277 g/mol. The highest BCUT2D eigenvalue weighted by atomic mass is 16.1. The first kappa shape index (κ1) is 11.8. The summed E-state index contributed by atoms with van der Waals surface area (Å²) in [6.45, 7) is 0. The summed E-state index contributed by atoms with van der Waals surface area (Å²) in [7, 11) is 0. The molecule has 1 saturated carbocycles. The molecular weight excluding hydrogens is 258 g/mol. The van der Waals surface area contributed by atoms with Crippen molar-refractivity contribution in [2.75, 3.05) is 0 Å². The van der Waals surface area contributed by atoms with E-state index in [-0.39, 0.29) is 5.91 Å². The van der Waals surface area contributed by atoms with Gasteiger partial charge in [0.15, 0.2) is 0 Å². The van der Waals surface area contributed by atoms with Crippen molar-refractivity contribution in [1.29, 1.82) is 0 Å². The molecule has 2 heteroatoms. The maximum atomic E-state index is 11.9. The topological polar surface area (TPSA) is 43.1 Å². The van der Waals surface area contributed by atoms with Crippen LogP contribution in [0.15, 0.2) is 47.1 Å². The minimum atomic E-state index is -0.237. The van der Waals surface area contributed by atoms with Gasteiger partial charge in [0, 0.05) is 17.4 Å². The molecule has 0 radical (unpaired) electrons. The zero-order valence-corrected chi connectivity index (χ0v) is 12.0. The third-order valence-electron chi connectivity index (χ3n) is 6.26. The van der Waals surface area contributed by atoms with Crippen LogP contribution in [0.25, 0.3) is 0 Å². The fraction of sp³-hybridized carbons (Fsp3) is 0.421. The standard InChI is InChI=1S/C19H19NO/c20-19(21)15-9-8-14-16-10-4-1-2-5-12(10)17(18(14)15)13-7-3-6-11(13)16/h1-2,4-5,9,11,13,16-17H,3,6-8H2,(H2,20,21). The van der Waals surface area contributed by atoms with Gasteiger partial charge in [0.2, 0.25) is 5.91 Å². The van der Waals surface area contributed by atoms with Gasteiger partial charge in [0.25, 0.3) is 0 Å². The van der Waals surface area contributed by atoms with Crippen LogP contribution in [-0.2, 0) is 4.79 Å². The van der Waals surface area contributed by atoms with E-state index in [0.717, 1.165) is 23.8 Å². The van der Waals surface area contributed by atoms with Crippen molar-refractivity contribution >= 4 is 5.91 Å². The SMILES string of the molecule is NC(=O)C1=CCC2=C1C1c3ccccc3C2C2CCCC12. The number of carbonyl (C=O) groups excluding carboxylic acids is 1. The van der Waals surface area contributed by atoms with Gasteiger partial charge in [-0.2, -0.15) is 0 Å². The zero-order valence-electron chi connectivity index (χ0n) is 12.0. The smallest absolute Gasteiger partial charge is 0.248 e. The second-order valence-electron chi connectivity index (χ2n) is 6.97. The first-order valence-corrected chi connectivity index (χ1v) is 8.09. The third kappa shape index (κ3) is 1.31. The molecule has 0 saturated heterocycles. The number of amides is 1. The van der Waals surface area contributed by atoms with Crippen LogP contribution in [0.3, 0.4) is 0 Å². The molecule has 5 aliphatic carbocycles. The van der Waals surface area contributed by atoms with Crippen LogP contribution >= 0.6 is 0 Å². The van der Waals surface area contributed by atoms with Gasteiger partial charge in [-0.25, -0.2) is 0 Å². The fourth-order valence-electron chi connectivity index (χ4n) is 5.70. The van der Waals surface area contributed by atoms with Gasteiger partial charge >= 0.3 is 0 Å². The highest BCUT2D eigenvalue weighted by Gasteiger charge is 2.53. The molecule has 4 atom stereocenters. The summed E-state index contributed by atoms with van der Waals surface area (Å²) in [5, 5.41) is 0. The number of hydrogen-bond acceptors (Lipinski definition) is 1. The molecule has 1 amide bonds. The lowest BCUT2D eigenvalue weighted by Crippen LogP contribution is -2.38. The molecule has 0 spiro atoms. The van der Waals surface area contributed by atoms with Gasteiger partial charge in [-0.05, 0) is 47.8 Å². The number of hydrogen-bond donors (Lipinski definition) is 1. The Morgan fingerprint density at radius 1 is 1.05 bits per heavy atom. The summed E-state index contributed by atoms with van der Waals surface area (Å²) in [4.78, 5) is 11.9. The van der Waals surface area contributed by atoms with Crippen molar-refractivity contribution in [1.82, 2.24) is 0 Å². The lowest BCUT2D eigenvalue weighted by molar-refractivity contribution is -0.114. The molecule has 2 nitrogen and oxygen atoms in total. The summed E-state index contributed by atoms with van der Waals surface area (Å²) in [5.74, 6) is 2.25. The van der Waals surface area contributed by atoms with Crippen LogP contribution in [0.4, 0.5) is 0 Å². The van der Waals surface area contributed by atoms with Crippen LogP contribution in [0.1, 0.15) is 48.6 Å². The number of benzene rings is 1. The second kappa shape index (κ2) is 3.88. The third-order valence-corrected chi connectivity index (χ3v) is 6.26. The highest BCUT2D eigenvalue weighted by Crippen LogP contribution is 2.65. The zero-order chi connectivity index (χ0) is 14.1. The van der Waals surface area contributed by atoms with E-state index in [2.05, 4.69) is 30.3 Å². The first-order valence-electron chi connectivity index (χ1n) is 8.09. The summed E-state index contributed by atoms with van der Waals surface area (Å²) < 4.78 is 0. The van der Waals surface area contributed by atoms with E-state index in [1.54, 1.807) is 0 Å². The monoisotopic (exact) mass is 277 g/mol. The molecule has 1 aromatic carbocycles. The van der Waals surface area contributed by atoms with Crippen molar-refractivity contribution in [3.63, 3.8) is 0 Å². The Bertz CT molecular complexity index is 727. The average Bonchev–Trinajstić information content (AvgIpc) is 3.13. The van der Waals surface area contributed by atoms with E-state index in [9.17, 15) is 4.79 Å². The fourth-order valence-corrected chi connectivity index (χ4v) is 5.70. The minimum Gasteiger partial charge on any atom is -0.366 e. The van der Waals surface area contributed by atoms with Crippen molar-refractivity contribution in [2.45, 2.75) is 37.5 Å². The van der Waals surface area contributed by atoms with Gasteiger partial charge < -0.3 is 5.73 Å². The van der Waals surface area contributed by atoms with Gasteiger partial charge in [-0.3, -0.25) is 4.79 Å². The summed E-state index contributed by atoms with van der Waals surface area (Å²) in [5.41, 5.74) is 12.3. The Balaban J connectivity index is 1.77. The molecular formula is C19H19NO. The molecule has 0 aromatic heterocycles. The van der Waals surface area contributed by atoms with E-state index in [1.807, 2.05) is 0 Å². The maximum absolute atomic E-state index is 11.9. The minimum absolute atomic E-state index is 0.237. The quantitative estimate of drug-likeness (QED) is 0.840. The van der Waals surface area contributed by atoms with Crippen molar-refractivity contribution in [2.24, 2.45) is 17.6 Å². The van der Waals surface area contributed by atoms with E-state index < -0.39 is 0 Å². The number of primary amides is 1. The van der Waals surface area contributed by atoms with E-state index in [0.29, 0.717) is 11.8 Å². The van der Waals surface area contributed by atoms with E-state index in [1.165, 1.54) is 41.5 Å². The number of allylic oxidation sites excluding steroid dienone is 2. The summed E-state index contributed by atoms with van der Waals surface area (Å²) in [6.07, 6.45) is 7.02. The van der Waals surface area contributed by atoms with Crippen molar-refractivity contribution in [3.05, 3.63) is 58.2 Å². The largest absolute Gasteiger partial charge is 0.366 e. The predicted octanol–water partition coefficient (Wildman–Crippen LogP) is 3.41. The molecule has 1 aromatic rings. The Morgan fingerprint density at radius 3 is 2.43 bits per heavy atom. The lowest BCUT2D eigenvalue weighted by atomic mass is 9.55. The summed E-state index contributed by atoms with van der Waals surface area (Å²) in [6, 6.07) is 8.91. The van der Waals surface area contributed by atoms with Crippen LogP contribution in [0, 0.1) is 11.8 Å². The van der Waals surface area contributed by atoms with Crippen LogP contribution < -0.4 is 5.73 Å². The van der Waals surface area contributed by atoms with Crippen molar-refractivity contribution in [3.8, 4) is 0 Å². The van der Waals surface area contributed by atoms with Gasteiger partial charge in [-0.15, -0.1) is 0 Å². The Hall–Kier alpha value is -1.83. The molecule has 0 aliphatic heterocycles.